The van der Waals surface area contributed by atoms with Crippen LogP contribution in [0, 0.1) is 0 Å². The van der Waals surface area contributed by atoms with Gasteiger partial charge in [0.2, 0.25) is 0 Å². The highest BCUT2D eigenvalue weighted by Gasteiger charge is 2.15. The quantitative estimate of drug-likeness (QED) is 0.686. The van der Waals surface area contributed by atoms with Crippen LogP contribution < -0.4 is 10.2 Å². The third-order valence-corrected chi connectivity index (χ3v) is 5.93. The number of benzene rings is 2. The van der Waals surface area contributed by atoms with Crippen molar-refractivity contribution in [1.82, 2.24) is 9.88 Å². The Bertz CT molecular complexity index is 965. The number of aromatic nitrogens is 1. The Balaban J connectivity index is 1.41. The summed E-state index contributed by atoms with van der Waals surface area (Å²) in [7, 11) is 2.15. The summed E-state index contributed by atoms with van der Waals surface area (Å²) in [6.07, 6.45) is 0. The molecule has 0 saturated carbocycles. The lowest BCUT2D eigenvalue weighted by atomic mass is 10.2. The second kappa shape index (κ2) is 8.31. The van der Waals surface area contributed by atoms with Crippen LogP contribution >= 0.6 is 22.9 Å². The van der Waals surface area contributed by atoms with Crippen LogP contribution in [0.3, 0.4) is 0 Å². The standard InChI is InChI=1S/C21H21ClN4OS/c1-25-9-11-26(12-10-25)18-7-5-17(6-8-18)23-20(27)19-14-28-21(24-19)15-3-2-4-16(22)13-15/h2-8,13-14H,9-12H2,1H3,(H,23,27). The molecule has 0 spiro atoms. The molecule has 7 heteroatoms. The Hall–Kier alpha value is -2.41. The molecule has 4 rings (SSSR count). The lowest BCUT2D eigenvalue weighted by Gasteiger charge is -2.34. The molecule has 0 aliphatic carbocycles. The molecule has 1 aliphatic heterocycles. The van der Waals surface area contributed by atoms with Gasteiger partial charge in [-0.1, -0.05) is 23.7 Å². The summed E-state index contributed by atoms with van der Waals surface area (Å²) in [6, 6.07) is 15.5. The monoisotopic (exact) mass is 412 g/mol. The van der Waals surface area contributed by atoms with E-state index in [2.05, 4.69) is 39.3 Å². The number of carbonyl (C=O) groups excluding carboxylic acids is 1. The number of likely N-dealkylation sites (N-methyl/N-ethyl adjacent to an activating group) is 1. The van der Waals surface area contributed by atoms with E-state index in [1.54, 1.807) is 5.38 Å². The summed E-state index contributed by atoms with van der Waals surface area (Å²) in [5.74, 6) is -0.211. The Morgan fingerprint density at radius 3 is 2.57 bits per heavy atom. The fraction of sp³-hybridized carbons (Fsp3) is 0.238. The highest BCUT2D eigenvalue weighted by molar-refractivity contribution is 7.13. The van der Waals surface area contributed by atoms with Crippen LogP contribution in [0.2, 0.25) is 5.02 Å². The van der Waals surface area contributed by atoms with E-state index in [0.29, 0.717) is 10.7 Å². The van der Waals surface area contributed by atoms with Crippen LogP contribution in [0.4, 0.5) is 11.4 Å². The van der Waals surface area contributed by atoms with Crippen molar-refractivity contribution in [1.29, 1.82) is 0 Å². The number of piperazine rings is 1. The molecular formula is C21H21ClN4OS. The van der Waals surface area contributed by atoms with Gasteiger partial charge in [-0.25, -0.2) is 4.98 Å². The molecule has 144 valence electrons. The van der Waals surface area contributed by atoms with Crippen molar-refractivity contribution in [3.05, 3.63) is 64.6 Å². The average molecular weight is 413 g/mol. The van der Waals surface area contributed by atoms with Gasteiger partial charge in [-0.15, -0.1) is 11.3 Å². The van der Waals surface area contributed by atoms with Crippen molar-refractivity contribution in [3.8, 4) is 10.6 Å². The number of carbonyl (C=O) groups is 1. The summed E-state index contributed by atoms with van der Waals surface area (Å²) in [4.78, 5) is 21.7. The number of anilines is 2. The Morgan fingerprint density at radius 2 is 1.86 bits per heavy atom. The molecular weight excluding hydrogens is 392 g/mol. The summed E-state index contributed by atoms with van der Waals surface area (Å²) in [5.41, 5.74) is 3.26. The van der Waals surface area contributed by atoms with Crippen LogP contribution in [-0.4, -0.2) is 49.0 Å². The zero-order valence-electron chi connectivity index (χ0n) is 15.6. The Morgan fingerprint density at radius 1 is 1.11 bits per heavy atom. The number of hydrogen-bond acceptors (Lipinski definition) is 5. The van der Waals surface area contributed by atoms with Gasteiger partial charge in [-0.3, -0.25) is 4.79 Å². The first-order valence-electron chi connectivity index (χ1n) is 9.15. The van der Waals surface area contributed by atoms with Gasteiger partial charge >= 0.3 is 0 Å². The minimum Gasteiger partial charge on any atom is -0.369 e. The van der Waals surface area contributed by atoms with E-state index in [0.717, 1.165) is 42.4 Å². The first-order chi connectivity index (χ1) is 13.6. The molecule has 2 aromatic carbocycles. The second-order valence-corrected chi connectivity index (χ2v) is 8.13. The molecule has 1 aromatic heterocycles. The molecule has 1 fully saturated rings. The van der Waals surface area contributed by atoms with Gasteiger partial charge in [0, 0.05) is 53.5 Å². The molecule has 28 heavy (non-hydrogen) atoms. The van der Waals surface area contributed by atoms with Gasteiger partial charge in [0.05, 0.1) is 0 Å². The largest absolute Gasteiger partial charge is 0.369 e. The molecule has 2 heterocycles. The van der Waals surface area contributed by atoms with Crippen molar-refractivity contribution in [2.45, 2.75) is 0 Å². The van der Waals surface area contributed by atoms with Gasteiger partial charge in [0.15, 0.2) is 0 Å². The summed E-state index contributed by atoms with van der Waals surface area (Å²) >= 11 is 7.47. The second-order valence-electron chi connectivity index (χ2n) is 6.84. The lowest BCUT2D eigenvalue weighted by molar-refractivity contribution is 0.102. The molecule has 1 aliphatic rings. The number of nitrogens with zero attached hydrogens (tertiary/aromatic N) is 3. The summed E-state index contributed by atoms with van der Waals surface area (Å²) in [5, 5.41) is 6.12. The van der Waals surface area contributed by atoms with E-state index in [4.69, 9.17) is 11.6 Å². The number of halogens is 1. The minimum atomic E-state index is -0.211. The van der Waals surface area contributed by atoms with E-state index in [1.165, 1.54) is 17.0 Å². The minimum absolute atomic E-state index is 0.211. The average Bonchev–Trinajstić information content (AvgIpc) is 3.20. The van der Waals surface area contributed by atoms with E-state index in [1.807, 2.05) is 36.4 Å². The van der Waals surface area contributed by atoms with Crippen molar-refractivity contribution >= 4 is 40.2 Å². The van der Waals surface area contributed by atoms with Crippen LogP contribution in [-0.2, 0) is 0 Å². The number of nitrogens with one attached hydrogen (secondary N) is 1. The summed E-state index contributed by atoms with van der Waals surface area (Å²) < 4.78 is 0. The maximum atomic E-state index is 12.5. The van der Waals surface area contributed by atoms with Crippen LogP contribution in [0.25, 0.3) is 10.6 Å². The number of hydrogen-bond donors (Lipinski definition) is 1. The smallest absolute Gasteiger partial charge is 0.275 e. The fourth-order valence-electron chi connectivity index (χ4n) is 3.15. The Labute approximate surface area is 173 Å². The normalized spacial score (nSPS) is 14.9. The number of rotatable bonds is 4. The number of amides is 1. The maximum absolute atomic E-state index is 12.5. The van der Waals surface area contributed by atoms with E-state index in [-0.39, 0.29) is 5.91 Å². The molecule has 0 atom stereocenters. The van der Waals surface area contributed by atoms with Gasteiger partial charge < -0.3 is 15.1 Å². The zero-order valence-corrected chi connectivity index (χ0v) is 17.1. The van der Waals surface area contributed by atoms with Crippen molar-refractivity contribution < 1.29 is 4.79 Å². The summed E-state index contributed by atoms with van der Waals surface area (Å²) in [6.45, 7) is 4.18. The van der Waals surface area contributed by atoms with Crippen molar-refractivity contribution in [3.63, 3.8) is 0 Å². The number of thiazole rings is 1. The lowest BCUT2D eigenvalue weighted by Crippen LogP contribution is -2.44. The van der Waals surface area contributed by atoms with E-state index in [9.17, 15) is 4.79 Å². The molecule has 1 saturated heterocycles. The molecule has 0 radical (unpaired) electrons. The highest BCUT2D eigenvalue weighted by atomic mass is 35.5. The van der Waals surface area contributed by atoms with Crippen molar-refractivity contribution in [2.75, 3.05) is 43.4 Å². The SMILES string of the molecule is CN1CCN(c2ccc(NC(=O)c3csc(-c4cccc(Cl)c4)n3)cc2)CC1. The molecule has 5 nitrogen and oxygen atoms in total. The Kier molecular flexibility index (Phi) is 5.62. The van der Waals surface area contributed by atoms with Gasteiger partial charge in [-0.05, 0) is 43.4 Å². The first kappa shape index (κ1) is 18.9. The molecule has 1 N–H and O–H groups in total. The predicted molar refractivity (Wildman–Crippen MR) is 117 cm³/mol. The highest BCUT2D eigenvalue weighted by Crippen LogP contribution is 2.26. The van der Waals surface area contributed by atoms with E-state index >= 15 is 0 Å². The van der Waals surface area contributed by atoms with Crippen LogP contribution in [0.5, 0.6) is 0 Å². The van der Waals surface area contributed by atoms with Crippen molar-refractivity contribution in [2.24, 2.45) is 0 Å². The third-order valence-electron chi connectivity index (χ3n) is 4.80. The van der Waals surface area contributed by atoms with Crippen LogP contribution in [0.1, 0.15) is 10.5 Å². The topological polar surface area (TPSA) is 48.5 Å². The van der Waals surface area contributed by atoms with Gasteiger partial charge in [0.1, 0.15) is 10.7 Å². The molecule has 1 amide bonds. The third kappa shape index (κ3) is 4.35. The zero-order chi connectivity index (χ0) is 19.5. The molecule has 3 aromatic rings. The molecule has 0 unspecified atom stereocenters. The van der Waals surface area contributed by atoms with Gasteiger partial charge in [0.25, 0.3) is 5.91 Å². The van der Waals surface area contributed by atoms with Crippen LogP contribution in [0.15, 0.2) is 53.9 Å². The predicted octanol–water partition coefficient (Wildman–Crippen LogP) is 4.47. The fourth-order valence-corrected chi connectivity index (χ4v) is 4.13. The van der Waals surface area contributed by atoms with E-state index < -0.39 is 0 Å². The van der Waals surface area contributed by atoms with Gasteiger partial charge in [-0.2, -0.15) is 0 Å². The molecule has 0 bridgehead atoms. The maximum Gasteiger partial charge on any atom is 0.275 e. The first-order valence-corrected chi connectivity index (χ1v) is 10.4.